The molecule has 0 saturated heterocycles. The van der Waals surface area contributed by atoms with Gasteiger partial charge >= 0.3 is 0 Å². The number of nitrogens with zero attached hydrogens (tertiary/aromatic N) is 1. The molecule has 0 spiro atoms. The molecular formula is C17H19ClFN. The van der Waals surface area contributed by atoms with Gasteiger partial charge in [-0.1, -0.05) is 55.3 Å². The van der Waals surface area contributed by atoms with Crippen molar-refractivity contribution < 1.29 is 4.39 Å². The molecule has 0 aliphatic rings. The Morgan fingerprint density at radius 1 is 0.950 bits per heavy atom. The van der Waals surface area contributed by atoms with E-state index in [2.05, 4.69) is 36.2 Å². The van der Waals surface area contributed by atoms with Gasteiger partial charge in [0.05, 0.1) is 0 Å². The van der Waals surface area contributed by atoms with Crippen molar-refractivity contribution in [1.29, 1.82) is 0 Å². The fourth-order valence-corrected chi connectivity index (χ4v) is 2.30. The largest absolute Gasteiger partial charge is 0.217 e. The fraction of sp³-hybridized carbons (Fsp3) is 0.353. The van der Waals surface area contributed by atoms with Crippen LogP contribution < -0.4 is 0 Å². The number of hydrogen-bond acceptors (Lipinski definition) is 1. The van der Waals surface area contributed by atoms with Crippen molar-refractivity contribution in [3.8, 4) is 0 Å². The summed E-state index contributed by atoms with van der Waals surface area (Å²) in [5.41, 5.74) is 3.21. The average Bonchev–Trinajstić information content (AvgIpc) is 2.45. The third kappa shape index (κ3) is 4.31. The summed E-state index contributed by atoms with van der Waals surface area (Å²) in [7, 11) is 0. The van der Waals surface area contributed by atoms with Crippen LogP contribution in [-0.4, -0.2) is 4.98 Å². The van der Waals surface area contributed by atoms with Gasteiger partial charge in [-0.15, -0.1) is 0 Å². The van der Waals surface area contributed by atoms with Crippen LogP contribution in [0.1, 0.15) is 36.5 Å². The first kappa shape index (κ1) is 15.0. The summed E-state index contributed by atoms with van der Waals surface area (Å²) in [4.78, 5) is 3.63. The smallest absolute Gasteiger partial charge is 0.208 e. The van der Waals surface area contributed by atoms with Crippen LogP contribution in [0, 0.1) is 5.95 Å². The summed E-state index contributed by atoms with van der Waals surface area (Å²) in [5, 5.41) is 0.200. The van der Waals surface area contributed by atoms with Crippen molar-refractivity contribution in [2.24, 2.45) is 0 Å². The second-order valence-corrected chi connectivity index (χ2v) is 5.39. The topological polar surface area (TPSA) is 12.9 Å². The second kappa shape index (κ2) is 7.39. The van der Waals surface area contributed by atoms with Crippen molar-refractivity contribution in [2.45, 2.75) is 39.0 Å². The zero-order valence-electron chi connectivity index (χ0n) is 11.7. The van der Waals surface area contributed by atoms with Crippen LogP contribution in [0.2, 0.25) is 5.15 Å². The van der Waals surface area contributed by atoms with E-state index in [0.29, 0.717) is 12.0 Å². The minimum atomic E-state index is -0.461. The number of hydrogen-bond donors (Lipinski definition) is 0. The highest BCUT2D eigenvalue weighted by molar-refractivity contribution is 6.29. The Morgan fingerprint density at radius 3 is 2.20 bits per heavy atom. The summed E-state index contributed by atoms with van der Waals surface area (Å²) in [6.07, 6.45) is 5.02. The number of pyridine rings is 1. The molecule has 0 unspecified atom stereocenters. The molecule has 0 radical (unpaired) electrons. The third-order valence-corrected chi connectivity index (χ3v) is 3.63. The monoisotopic (exact) mass is 291 g/mol. The van der Waals surface area contributed by atoms with Gasteiger partial charge in [-0.05, 0) is 42.9 Å². The minimum absolute atomic E-state index is 0.200. The lowest BCUT2D eigenvalue weighted by Crippen LogP contribution is -1.97. The first-order valence-corrected chi connectivity index (χ1v) is 7.45. The average molecular weight is 292 g/mol. The van der Waals surface area contributed by atoms with E-state index < -0.39 is 5.95 Å². The number of rotatable bonds is 6. The van der Waals surface area contributed by atoms with Crippen LogP contribution in [0.25, 0.3) is 0 Å². The van der Waals surface area contributed by atoms with Crippen molar-refractivity contribution in [3.05, 3.63) is 64.2 Å². The van der Waals surface area contributed by atoms with E-state index in [-0.39, 0.29) is 5.15 Å². The van der Waals surface area contributed by atoms with Crippen LogP contribution in [0.4, 0.5) is 4.39 Å². The predicted octanol–water partition coefficient (Wildman–Crippen LogP) is 5.00. The van der Waals surface area contributed by atoms with Gasteiger partial charge in [-0.2, -0.15) is 4.39 Å². The SMILES string of the molecule is CCCCc1ccc(CCc2ccc(Cl)nc2F)cc1. The highest BCUT2D eigenvalue weighted by Gasteiger charge is 2.05. The van der Waals surface area contributed by atoms with Crippen LogP contribution in [0.15, 0.2) is 36.4 Å². The Bertz CT molecular complexity index is 551. The Kier molecular flexibility index (Phi) is 5.54. The van der Waals surface area contributed by atoms with Crippen LogP contribution in [-0.2, 0) is 19.3 Å². The lowest BCUT2D eigenvalue weighted by Gasteiger charge is -2.05. The molecular weight excluding hydrogens is 273 g/mol. The Labute approximate surface area is 124 Å². The summed E-state index contributed by atoms with van der Waals surface area (Å²) in [6, 6.07) is 11.9. The van der Waals surface area contributed by atoms with Gasteiger partial charge in [-0.25, -0.2) is 4.98 Å². The molecule has 0 fully saturated rings. The molecule has 2 rings (SSSR count). The zero-order valence-corrected chi connectivity index (χ0v) is 12.5. The van der Waals surface area contributed by atoms with E-state index in [0.717, 1.165) is 12.8 Å². The molecule has 1 heterocycles. The maximum Gasteiger partial charge on any atom is 0.217 e. The molecule has 0 amide bonds. The number of halogens is 2. The van der Waals surface area contributed by atoms with Crippen molar-refractivity contribution >= 4 is 11.6 Å². The van der Waals surface area contributed by atoms with Crippen LogP contribution >= 0.6 is 11.6 Å². The van der Waals surface area contributed by atoms with E-state index in [1.165, 1.54) is 24.0 Å². The van der Waals surface area contributed by atoms with Gasteiger partial charge < -0.3 is 0 Å². The molecule has 0 aliphatic carbocycles. The standard InChI is InChI=1S/C17H19ClFN/c1-2-3-4-13-5-7-14(8-6-13)9-10-15-11-12-16(18)20-17(15)19/h5-8,11-12H,2-4,9-10H2,1H3. The van der Waals surface area contributed by atoms with E-state index in [1.54, 1.807) is 12.1 Å². The molecule has 0 N–H and O–H groups in total. The molecule has 0 bridgehead atoms. The molecule has 0 saturated carbocycles. The molecule has 20 heavy (non-hydrogen) atoms. The first-order chi connectivity index (χ1) is 9.69. The summed E-state index contributed by atoms with van der Waals surface area (Å²) >= 11 is 5.64. The molecule has 1 aromatic carbocycles. The highest BCUT2D eigenvalue weighted by atomic mass is 35.5. The predicted molar refractivity (Wildman–Crippen MR) is 81.7 cm³/mol. The molecule has 3 heteroatoms. The van der Waals surface area contributed by atoms with Gasteiger partial charge in [0.25, 0.3) is 0 Å². The normalized spacial score (nSPS) is 10.8. The van der Waals surface area contributed by atoms with Crippen molar-refractivity contribution in [1.82, 2.24) is 4.98 Å². The Balaban J connectivity index is 1.93. The number of aryl methyl sites for hydroxylation is 3. The van der Waals surface area contributed by atoms with E-state index in [4.69, 9.17) is 11.6 Å². The molecule has 0 atom stereocenters. The highest BCUT2D eigenvalue weighted by Crippen LogP contribution is 2.14. The van der Waals surface area contributed by atoms with E-state index >= 15 is 0 Å². The maximum absolute atomic E-state index is 13.6. The maximum atomic E-state index is 13.6. The minimum Gasteiger partial charge on any atom is -0.208 e. The molecule has 0 aliphatic heterocycles. The van der Waals surface area contributed by atoms with Gasteiger partial charge in [0.15, 0.2) is 0 Å². The molecule has 2 aromatic rings. The molecule has 1 nitrogen and oxygen atoms in total. The number of benzene rings is 1. The van der Waals surface area contributed by atoms with Gasteiger partial charge in [0.1, 0.15) is 5.15 Å². The van der Waals surface area contributed by atoms with Gasteiger partial charge in [0, 0.05) is 5.56 Å². The third-order valence-electron chi connectivity index (χ3n) is 3.42. The van der Waals surface area contributed by atoms with Crippen LogP contribution in [0.3, 0.4) is 0 Å². The Morgan fingerprint density at radius 2 is 1.60 bits per heavy atom. The lowest BCUT2D eigenvalue weighted by molar-refractivity contribution is 0.566. The summed E-state index contributed by atoms with van der Waals surface area (Å²) in [5.74, 6) is -0.461. The quantitative estimate of drug-likeness (QED) is 0.682. The van der Waals surface area contributed by atoms with Crippen molar-refractivity contribution in [3.63, 3.8) is 0 Å². The van der Waals surface area contributed by atoms with E-state index in [1.807, 2.05) is 0 Å². The van der Waals surface area contributed by atoms with Crippen LogP contribution in [0.5, 0.6) is 0 Å². The Hall–Kier alpha value is -1.41. The van der Waals surface area contributed by atoms with Gasteiger partial charge in [-0.3, -0.25) is 0 Å². The summed E-state index contributed by atoms with van der Waals surface area (Å²) < 4.78 is 13.6. The van der Waals surface area contributed by atoms with Gasteiger partial charge in [0.2, 0.25) is 5.95 Å². The molecule has 106 valence electrons. The number of unbranched alkanes of at least 4 members (excludes halogenated alkanes) is 1. The lowest BCUT2D eigenvalue weighted by atomic mass is 10.0. The van der Waals surface area contributed by atoms with E-state index in [9.17, 15) is 4.39 Å². The molecule has 1 aromatic heterocycles. The number of aromatic nitrogens is 1. The van der Waals surface area contributed by atoms with Crippen molar-refractivity contribution in [2.75, 3.05) is 0 Å². The fourth-order valence-electron chi connectivity index (χ4n) is 2.16. The second-order valence-electron chi connectivity index (χ2n) is 5.00. The summed E-state index contributed by atoms with van der Waals surface area (Å²) in [6.45, 7) is 2.20. The zero-order chi connectivity index (χ0) is 14.4. The first-order valence-electron chi connectivity index (χ1n) is 7.07.